The normalized spacial score (nSPS) is 13.8. The molecule has 4 heteroatoms. The van der Waals surface area contributed by atoms with Crippen molar-refractivity contribution in [2.24, 2.45) is 5.41 Å². The number of hydrogen-bond donors (Lipinski definition) is 1. The highest BCUT2D eigenvalue weighted by Crippen LogP contribution is 2.35. The molecule has 0 heterocycles. The molecule has 17 heavy (non-hydrogen) atoms. The summed E-state index contributed by atoms with van der Waals surface area (Å²) in [6.45, 7) is 8.66. The molecule has 0 aliphatic heterocycles. The Bertz CT molecular complexity index is 399. The van der Waals surface area contributed by atoms with E-state index < -0.39 is 5.82 Å². The molecule has 0 radical (unpaired) electrons. The minimum atomic E-state index is -0.437. The van der Waals surface area contributed by atoms with E-state index in [1.165, 1.54) is 12.1 Å². The fourth-order valence-corrected chi connectivity index (χ4v) is 2.16. The second kappa shape index (κ2) is 5.44. The molecule has 0 saturated carbocycles. The molecule has 0 spiro atoms. The average Bonchev–Trinajstić information content (AvgIpc) is 2.19. The summed E-state index contributed by atoms with van der Waals surface area (Å²) in [5.41, 5.74) is 0.192. The van der Waals surface area contributed by atoms with Crippen LogP contribution in [0.2, 0.25) is 0 Å². The van der Waals surface area contributed by atoms with E-state index >= 15 is 0 Å². The van der Waals surface area contributed by atoms with Crippen molar-refractivity contribution in [1.29, 1.82) is 0 Å². The number of halogens is 3. The quantitative estimate of drug-likeness (QED) is 0.815. The molecule has 1 N–H and O–H groups in total. The monoisotopic (exact) mass is 305 g/mol. The van der Waals surface area contributed by atoms with Crippen molar-refractivity contribution in [3.8, 4) is 0 Å². The molecular weight excluding hydrogens is 288 g/mol. The van der Waals surface area contributed by atoms with Crippen molar-refractivity contribution >= 4 is 15.9 Å². The van der Waals surface area contributed by atoms with E-state index in [0.717, 1.165) is 0 Å². The van der Waals surface area contributed by atoms with Gasteiger partial charge in [-0.2, -0.15) is 0 Å². The third kappa shape index (κ3) is 3.49. The Morgan fingerprint density at radius 1 is 1.24 bits per heavy atom. The van der Waals surface area contributed by atoms with Gasteiger partial charge in [0.25, 0.3) is 0 Å². The summed E-state index contributed by atoms with van der Waals surface area (Å²) >= 11 is 2.98. The van der Waals surface area contributed by atoms with Gasteiger partial charge in [0.1, 0.15) is 11.6 Å². The average molecular weight is 306 g/mol. The standard InChI is InChI=1S/C13H18BrF2N/c1-5-17-12(13(2,3)4)8-6-11(16)9(14)7-10(8)15/h6-7,12,17H,5H2,1-4H3. The van der Waals surface area contributed by atoms with Gasteiger partial charge in [0.05, 0.1) is 4.47 Å². The van der Waals surface area contributed by atoms with Crippen LogP contribution in [0.15, 0.2) is 16.6 Å². The molecule has 96 valence electrons. The fourth-order valence-electron chi connectivity index (χ4n) is 1.85. The van der Waals surface area contributed by atoms with E-state index in [0.29, 0.717) is 12.1 Å². The second-order valence-electron chi connectivity index (χ2n) is 5.14. The molecule has 1 rings (SSSR count). The Morgan fingerprint density at radius 2 is 1.82 bits per heavy atom. The van der Waals surface area contributed by atoms with Gasteiger partial charge < -0.3 is 5.32 Å². The van der Waals surface area contributed by atoms with Crippen LogP contribution in [0.3, 0.4) is 0 Å². The minimum Gasteiger partial charge on any atom is -0.310 e. The molecule has 1 aromatic rings. The zero-order chi connectivity index (χ0) is 13.2. The van der Waals surface area contributed by atoms with Crippen molar-refractivity contribution in [2.45, 2.75) is 33.7 Å². The lowest BCUT2D eigenvalue weighted by atomic mass is 9.82. The molecule has 1 atom stereocenters. The summed E-state index contributed by atoms with van der Waals surface area (Å²) in [4.78, 5) is 0. The molecule has 0 aliphatic rings. The second-order valence-corrected chi connectivity index (χ2v) is 6.00. The third-order valence-corrected chi connectivity index (χ3v) is 3.23. The fraction of sp³-hybridized carbons (Fsp3) is 0.538. The van der Waals surface area contributed by atoms with Gasteiger partial charge >= 0.3 is 0 Å². The highest BCUT2D eigenvalue weighted by Gasteiger charge is 2.28. The first-order chi connectivity index (χ1) is 7.77. The lowest BCUT2D eigenvalue weighted by Crippen LogP contribution is -2.33. The van der Waals surface area contributed by atoms with E-state index in [-0.39, 0.29) is 21.7 Å². The van der Waals surface area contributed by atoms with Crippen LogP contribution >= 0.6 is 15.9 Å². The Hall–Kier alpha value is -0.480. The molecule has 1 unspecified atom stereocenters. The summed E-state index contributed by atoms with van der Waals surface area (Å²) in [6.07, 6.45) is 0. The number of rotatable bonds is 3. The SMILES string of the molecule is CCNC(c1cc(F)c(Br)cc1F)C(C)(C)C. The maximum absolute atomic E-state index is 13.9. The van der Waals surface area contributed by atoms with Gasteiger partial charge in [-0.15, -0.1) is 0 Å². The van der Waals surface area contributed by atoms with Crippen LogP contribution in [0.1, 0.15) is 39.3 Å². The third-order valence-electron chi connectivity index (χ3n) is 2.62. The predicted molar refractivity (Wildman–Crippen MR) is 69.9 cm³/mol. The van der Waals surface area contributed by atoms with Gasteiger partial charge in [-0.05, 0) is 40.0 Å². The summed E-state index contributed by atoms with van der Waals surface area (Å²) in [7, 11) is 0. The van der Waals surface area contributed by atoms with Crippen molar-refractivity contribution in [3.05, 3.63) is 33.8 Å². The van der Waals surface area contributed by atoms with E-state index in [1.807, 2.05) is 27.7 Å². The Labute approximate surface area is 110 Å². The molecular formula is C13H18BrF2N. The highest BCUT2D eigenvalue weighted by molar-refractivity contribution is 9.10. The van der Waals surface area contributed by atoms with Gasteiger partial charge in [0.15, 0.2) is 0 Å². The first kappa shape index (κ1) is 14.6. The van der Waals surface area contributed by atoms with Gasteiger partial charge in [0.2, 0.25) is 0 Å². The Balaban J connectivity index is 3.23. The first-order valence-corrected chi connectivity index (χ1v) is 6.44. The first-order valence-electron chi connectivity index (χ1n) is 5.65. The molecule has 0 aromatic heterocycles. The lowest BCUT2D eigenvalue weighted by Gasteiger charge is -2.32. The van der Waals surface area contributed by atoms with Crippen molar-refractivity contribution in [2.75, 3.05) is 6.54 Å². The van der Waals surface area contributed by atoms with Gasteiger partial charge in [-0.1, -0.05) is 27.7 Å². The zero-order valence-corrected chi connectivity index (χ0v) is 12.2. The van der Waals surface area contributed by atoms with Crippen LogP contribution in [0.4, 0.5) is 8.78 Å². The minimum absolute atomic E-state index is 0.155. The molecule has 0 saturated heterocycles. The predicted octanol–water partition coefficient (Wildman–Crippen LogP) is 4.42. The zero-order valence-electron chi connectivity index (χ0n) is 10.6. The maximum atomic E-state index is 13.9. The summed E-state index contributed by atoms with van der Waals surface area (Å²) in [6, 6.07) is 2.23. The van der Waals surface area contributed by atoms with E-state index in [4.69, 9.17) is 0 Å². The molecule has 1 aromatic carbocycles. The maximum Gasteiger partial charge on any atom is 0.137 e. The van der Waals surface area contributed by atoms with Crippen molar-refractivity contribution in [1.82, 2.24) is 5.32 Å². The highest BCUT2D eigenvalue weighted by atomic mass is 79.9. The van der Waals surface area contributed by atoms with Crippen LogP contribution in [0.25, 0.3) is 0 Å². The smallest absolute Gasteiger partial charge is 0.137 e. The van der Waals surface area contributed by atoms with Crippen LogP contribution in [-0.4, -0.2) is 6.54 Å². The van der Waals surface area contributed by atoms with Crippen LogP contribution in [0.5, 0.6) is 0 Å². The van der Waals surface area contributed by atoms with E-state index in [1.54, 1.807) is 0 Å². The topological polar surface area (TPSA) is 12.0 Å². The Kier molecular flexibility index (Phi) is 4.67. The lowest BCUT2D eigenvalue weighted by molar-refractivity contribution is 0.269. The molecule has 0 amide bonds. The van der Waals surface area contributed by atoms with Crippen molar-refractivity contribution < 1.29 is 8.78 Å². The Morgan fingerprint density at radius 3 is 2.29 bits per heavy atom. The molecule has 0 aliphatic carbocycles. The van der Waals surface area contributed by atoms with E-state index in [9.17, 15) is 8.78 Å². The van der Waals surface area contributed by atoms with Crippen LogP contribution in [-0.2, 0) is 0 Å². The number of benzene rings is 1. The molecule has 1 nitrogen and oxygen atoms in total. The van der Waals surface area contributed by atoms with Crippen molar-refractivity contribution in [3.63, 3.8) is 0 Å². The number of nitrogens with one attached hydrogen (secondary N) is 1. The van der Waals surface area contributed by atoms with Crippen LogP contribution < -0.4 is 5.32 Å². The summed E-state index contributed by atoms with van der Waals surface area (Å²) in [5, 5.41) is 3.20. The number of hydrogen-bond acceptors (Lipinski definition) is 1. The van der Waals surface area contributed by atoms with Gasteiger partial charge in [-0.3, -0.25) is 0 Å². The largest absolute Gasteiger partial charge is 0.310 e. The van der Waals surface area contributed by atoms with Crippen LogP contribution in [0, 0.1) is 17.0 Å². The van der Waals surface area contributed by atoms with Gasteiger partial charge in [0, 0.05) is 11.6 Å². The summed E-state index contributed by atoms with van der Waals surface area (Å²) in [5.74, 6) is -0.826. The molecule has 0 bridgehead atoms. The molecule has 0 fully saturated rings. The van der Waals surface area contributed by atoms with E-state index in [2.05, 4.69) is 21.2 Å². The summed E-state index contributed by atoms with van der Waals surface area (Å²) < 4.78 is 27.6. The van der Waals surface area contributed by atoms with Gasteiger partial charge in [-0.25, -0.2) is 8.78 Å².